The molecule has 0 radical (unpaired) electrons. The summed E-state index contributed by atoms with van der Waals surface area (Å²) in [6, 6.07) is 23.9. The van der Waals surface area contributed by atoms with E-state index in [9.17, 15) is 19.8 Å². The van der Waals surface area contributed by atoms with Crippen molar-refractivity contribution in [1.82, 2.24) is 15.7 Å². The zero-order chi connectivity index (χ0) is 30.9. The second-order valence-electron chi connectivity index (χ2n) is 11.5. The Morgan fingerprint density at radius 3 is 2.36 bits per heavy atom. The highest BCUT2D eigenvalue weighted by Gasteiger charge is 2.34. The van der Waals surface area contributed by atoms with E-state index in [1.165, 1.54) is 0 Å². The van der Waals surface area contributed by atoms with E-state index in [4.69, 9.17) is 14.7 Å². The second kappa shape index (κ2) is 15.4. The van der Waals surface area contributed by atoms with Crippen molar-refractivity contribution in [2.75, 3.05) is 19.6 Å². The summed E-state index contributed by atoms with van der Waals surface area (Å²) in [4.78, 5) is 25.6. The number of likely N-dealkylation sites (tertiary alicyclic amines) is 1. The Hall–Kier alpha value is -3.64. The Morgan fingerprint density at radius 1 is 0.886 bits per heavy atom. The van der Waals surface area contributed by atoms with E-state index in [2.05, 4.69) is 16.3 Å². The van der Waals surface area contributed by atoms with Crippen LogP contribution in [0.5, 0.6) is 0 Å². The minimum atomic E-state index is -0.584. The first-order valence-corrected chi connectivity index (χ1v) is 15.2. The van der Waals surface area contributed by atoms with E-state index < -0.39 is 12.2 Å². The van der Waals surface area contributed by atoms with Gasteiger partial charge < -0.3 is 25.0 Å². The van der Waals surface area contributed by atoms with Gasteiger partial charge in [0, 0.05) is 51.0 Å². The number of carbonyl (C=O) groups excluding carboxylic acids is 2. The van der Waals surface area contributed by atoms with Gasteiger partial charge in [0.15, 0.2) is 6.29 Å². The van der Waals surface area contributed by atoms with E-state index in [1.807, 2.05) is 66.7 Å². The molecule has 5 rings (SSSR count). The van der Waals surface area contributed by atoms with Crippen molar-refractivity contribution in [1.29, 1.82) is 0 Å². The number of hydrogen-bond acceptors (Lipinski definition) is 8. The lowest BCUT2D eigenvalue weighted by Crippen LogP contribution is -2.38. The van der Waals surface area contributed by atoms with E-state index >= 15 is 0 Å². The molecule has 2 aliphatic rings. The Morgan fingerprint density at radius 2 is 1.64 bits per heavy atom. The number of β-amino-alcohol motifs (C(OH)–C–C–N with tert-alkyl or cyclic N) is 1. The maximum atomic E-state index is 12.2. The summed E-state index contributed by atoms with van der Waals surface area (Å²) >= 11 is 0. The van der Waals surface area contributed by atoms with Crippen LogP contribution in [0.4, 0.5) is 0 Å². The first-order valence-electron chi connectivity index (χ1n) is 15.2. The number of ether oxygens (including phenoxy) is 2. The molecule has 0 aromatic heterocycles. The molecule has 3 aromatic rings. The average Bonchev–Trinajstić information content (AvgIpc) is 3.47. The molecule has 10 heteroatoms. The van der Waals surface area contributed by atoms with Crippen LogP contribution in [0.15, 0.2) is 72.8 Å². The lowest BCUT2D eigenvalue weighted by molar-refractivity contribution is -0.252. The molecule has 234 valence electrons. The van der Waals surface area contributed by atoms with Crippen LogP contribution < -0.4 is 10.8 Å². The predicted molar refractivity (Wildman–Crippen MR) is 163 cm³/mol. The number of aliphatic hydroxyl groups is 2. The normalized spacial score (nSPS) is 22.1. The zero-order valence-corrected chi connectivity index (χ0v) is 24.7. The standard InChI is InChI=1S/C34H41N3O7/c38-22-23-10-12-25(13-11-23)31-18-30(21-37-15-14-29(39)20-37)43-34(44-31)28-7-2-6-27(17-28)26-5-1-4-24(16-26)19-35-32(40)8-3-9-33(41)36-42/h1-2,4-7,10-13,16-17,29-31,34,38-39,42H,3,8-9,14-15,18-22H2,(H,35,40)(H,36,41)/t29-,30-,31+,34+/m0/s1. The molecule has 2 saturated heterocycles. The van der Waals surface area contributed by atoms with Gasteiger partial charge in [0.1, 0.15) is 0 Å². The molecule has 10 nitrogen and oxygen atoms in total. The number of hydroxylamine groups is 1. The lowest BCUT2D eigenvalue weighted by Gasteiger charge is -2.38. The van der Waals surface area contributed by atoms with E-state index in [1.54, 1.807) is 5.48 Å². The highest BCUT2D eigenvalue weighted by Crippen LogP contribution is 2.39. The summed E-state index contributed by atoms with van der Waals surface area (Å²) in [7, 11) is 0. The van der Waals surface area contributed by atoms with Crippen LogP contribution in [-0.2, 0) is 32.2 Å². The fourth-order valence-corrected chi connectivity index (χ4v) is 5.78. The Balaban J connectivity index is 1.28. The molecule has 44 heavy (non-hydrogen) atoms. The van der Waals surface area contributed by atoms with Crippen LogP contribution in [0.1, 0.15) is 66.8 Å². The van der Waals surface area contributed by atoms with Gasteiger partial charge in [0.05, 0.1) is 24.9 Å². The predicted octanol–water partition coefficient (Wildman–Crippen LogP) is 3.75. The highest BCUT2D eigenvalue weighted by molar-refractivity contribution is 5.78. The number of amides is 2. The van der Waals surface area contributed by atoms with Crippen molar-refractivity contribution in [3.05, 3.63) is 95.1 Å². The Kier molecular flexibility index (Phi) is 11.1. The topological polar surface area (TPSA) is 141 Å². The monoisotopic (exact) mass is 603 g/mol. The number of aliphatic hydroxyl groups excluding tert-OH is 2. The first kappa shape index (κ1) is 31.8. The lowest BCUT2D eigenvalue weighted by atomic mass is 9.98. The van der Waals surface area contributed by atoms with Crippen molar-refractivity contribution in [2.24, 2.45) is 0 Å². The number of carbonyl (C=O) groups is 2. The molecule has 0 spiro atoms. The number of benzene rings is 3. The SMILES string of the molecule is O=C(CCCC(=O)NCc1cccc(-c2cccc([C@@H]3O[C@H](CN4CC[C@H](O)C4)C[C@H](c4ccc(CO)cc4)O3)c2)c1)NO. The van der Waals surface area contributed by atoms with Crippen molar-refractivity contribution in [2.45, 2.75) is 69.9 Å². The van der Waals surface area contributed by atoms with Gasteiger partial charge in [-0.25, -0.2) is 5.48 Å². The first-order chi connectivity index (χ1) is 21.4. The smallest absolute Gasteiger partial charge is 0.243 e. The van der Waals surface area contributed by atoms with Gasteiger partial charge in [-0.2, -0.15) is 0 Å². The van der Waals surface area contributed by atoms with Crippen molar-refractivity contribution in [3.8, 4) is 11.1 Å². The van der Waals surface area contributed by atoms with Crippen molar-refractivity contribution in [3.63, 3.8) is 0 Å². The number of nitrogens with zero attached hydrogens (tertiary/aromatic N) is 1. The van der Waals surface area contributed by atoms with Gasteiger partial charge in [0.2, 0.25) is 11.8 Å². The molecule has 4 atom stereocenters. The molecule has 2 heterocycles. The molecule has 2 amide bonds. The summed E-state index contributed by atoms with van der Waals surface area (Å²) in [5.41, 5.74) is 7.28. The molecule has 0 bridgehead atoms. The van der Waals surface area contributed by atoms with E-state index in [0.29, 0.717) is 32.5 Å². The summed E-state index contributed by atoms with van der Waals surface area (Å²) in [5.74, 6) is -0.667. The third kappa shape index (κ3) is 8.72. The molecule has 0 unspecified atom stereocenters. The summed E-state index contributed by atoms with van der Waals surface area (Å²) < 4.78 is 13.1. The Bertz CT molecular complexity index is 1400. The highest BCUT2D eigenvalue weighted by atomic mass is 16.7. The van der Waals surface area contributed by atoms with Gasteiger partial charge in [0.25, 0.3) is 0 Å². The van der Waals surface area contributed by atoms with Crippen LogP contribution in [0.2, 0.25) is 0 Å². The van der Waals surface area contributed by atoms with Crippen molar-refractivity contribution >= 4 is 11.8 Å². The van der Waals surface area contributed by atoms with E-state index in [-0.39, 0.29) is 43.7 Å². The quantitative estimate of drug-likeness (QED) is 0.156. The zero-order valence-electron chi connectivity index (χ0n) is 24.7. The largest absolute Gasteiger partial charge is 0.392 e. The second-order valence-corrected chi connectivity index (χ2v) is 11.5. The third-order valence-electron chi connectivity index (χ3n) is 8.17. The molecule has 0 saturated carbocycles. The minimum absolute atomic E-state index is 0.0106. The van der Waals surface area contributed by atoms with Crippen molar-refractivity contribution < 1.29 is 34.5 Å². The number of hydrogen-bond donors (Lipinski definition) is 5. The van der Waals surface area contributed by atoms with Crippen LogP contribution in [-0.4, -0.2) is 64.0 Å². The number of nitrogens with one attached hydrogen (secondary N) is 2. The molecule has 2 fully saturated rings. The minimum Gasteiger partial charge on any atom is -0.392 e. The van der Waals surface area contributed by atoms with Gasteiger partial charge in [-0.1, -0.05) is 60.7 Å². The molecule has 2 aliphatic heterocycles. The van der Waals surface area contributed by atoms with Gasteiger partial charge in [-0.15, -0.1) is 0 Å². The summed E-state index contributed by atoms with van der Waals surface area (Å²) in [6.07, 6.45) is 0.934. The number of rotatable bonds is 12. The maximum absolute atomic E-state index is 12.2. The Labute approximate surface area is 257 Å². The summed E-state index contributed by atoms with van der Waals surface area (Å²) in [5, 5.41) is 31.0. The summed E-state index contributed by atoms with van der Waals surface area (Å²) in [6.45, 7) is 2.55. The van der Waals surface area contributed by atoms with Gasteiger partial charge in [-0.05, 0) is 52.8 Å². The molecule has 5 N–H and O–H groups in total. The van der Waals surface area contributed by atoms with E-state index in [0.717, 1.165) is 46.3 Å². The third-order valence-corrected chi connectivity index (χ3v) is 8.17. The van der Waals surface area contributed by atoms with Crippen LogP contribution in [0.25, 0.3) is 11.1 Å². The van der Waals surface area contributed by atoms with Gasteiger partial charge >= 0.3 is 0 Å². The molecule has 3 aromatic carbocycles. The average molecular weight is 604 g/mol. The van der Waals surface area contributed by atoms with Gasteiger partial charge in [-0.3, -0.25) is 19.7 Å². The van der Waals surface area contributed by atoms with Crippen LogP contribution >= 0.6 is 0 Å². The fraction of sp³-hybridized carbons (Fsp3) is 0.412. The maximum Gasteiger partial charge on any atom is 0.243 e. The fourth-order valence-electron chi connectivity index (χ4n) is 5.78. The van der Waals surface area contributed by atoms with Crippen LogP contribution in [0, 0.1) is 0 Å². The molecular weight excluding hydrogens is 562 g/mol. The van der Waals surface area contributed by atoms with Crippen LogP contribution in [0.3, 0.4) is 0 Å². The molecular formula is C34H41N3O7. The molecule has 0 aliphatic carbocycles.